The Bertz CT molecular complexity index is 594. The van der Waals surface area contributed by atoms with Gasteiger partial charge in [-0.3, -0.25) is 0 Å². The summed E-state index contributed by atoms with van der Waals surface area (Å²) < 4.78 is 27.7. The maximum absolute atomic E-state index is 13.2. The molecular weight excluding hydrogens is 238 g/mol. The van der Waals surface area contributed by atoms with Crippen molar-refractivity contribution in [3.63, 3.8) is 0 Å². The standard InChI is InChI=1S/C12H12F2N4/c13-9-3-1-7(5-10(9)14)12-16-11-4-2-8(15)6-18(11)17-12/h1,3,5,8H,2,4,6,15H2. The fourth-order valence-electron chi connectivity index (χ4n) is 2.09. The first-order valence-electron chi connectivity index (χ1n) is 5.78. The van der Waals surface area contributed by atoms with Crippen LogP contribution < -0.4 is 5.73 Å². The Labute approximate surface area is 102 Å². The maximum Gasteiger partial charge on any atom is 0.181 e. The number of halogens is 2. The van der Waals surface area contributed by atoms with Gasteiger partial charge in [0.05, 0.1) is 6.54 Å². The van der Waals surface area contributed by atoms with Crippen LogP contribution in [0.5, 0.6) is 0 Å². The molecule has 0 fully saturated rings. The first-order chi connectivity index (χ1) is 8.63. The minimum atomic E-state index is -0.892. The summed E-state index contributed by atoms with van der Waals surface area (Å²) in [6.07, 6.45) is 1.63. The molecule has 0 saturated heterocycles. The van der Waals surface area contributed by atoms with Gasteiger partial charge in [0.25, 0.3) is 0 Å². The molecule has 3 rings (SSSR count). The molecule has 94 valence electrons. The third-order valence-electron chi connectivity index (χ3n) is 3.07. The van der Waals surface area contributed by atoms with E-state index in [4.69, 9.17) is 5.73 Å². The van der Waals surface area contributed by atoms with E-state index < -0.39 is 11.6 Å². The number of aromatic nitrogens is 3. The quantitative estimate of drug-likeness (QED) is 0.834. The van der Waals surface area contributed by atoms with Gasteiger partial charge < -0.3 is 5.73 Å². The van der Waals surface area contributed by atoms with Crippen molar-refractivity contribution < 1.29 is 8.78 Å². The molecule has 1 aromatic heterocycles. The van der Waals surface area contributed by atoms with E-state index >= 15 is 0 Å². The third kappa shape index (κ3) is 1.88. The molecule has 6 heteroatoms. The molecule has 0 radical (unpaired) electrons. The number of aryl methyl sites for hydroxylation is 1. The predicted octanol–water partition coefficient (Wildman–Crippen LogP) is 1.50. The van der Waals surface area contributed by atoms with Crippen LogP contribution in [-0.2, 0) is 13.0 Å². The van der Waals surface area contributed by atoms with Crippen LogP contribution in [0.15, 0.2) is 18.2 Å². The molecule has 1 unspecified atom stereocenters. The third-order valence-corrected chi connectivity index (χ3v) is 3.07. The van der Waals surface area contributed by atoms with E-state index in [1.54, 1.807) is 4.68 Å². The van der Waals surface area contributed by atoms with E-state index in [1.807, 2.05) is 0 Å². The Kier molecular flexibility index (Phi) is 2.59. The predicted molar refractivity (Wildman–Crippen MR) is 61.7 cm³/mol. The molecule has 2 heterocycles. The van der Waals surface area contributed by atoms with E-state index in [-0.39, 0.29) is 6.04 Å². The molecular formula is C12H12F2N4. The molecule has 1 atom stereocenters. The van der Waals surface area contributed by atoms with Gasteiger partial charge in [-0.15, -0.1) is 0 Å². The summed E-state index contributed by atoms with van der Waals surface area (Å²) in [5.74, 6) is -0.504. The Hall–Kier alpha value is -1.82. The Morgan fingerprint density at radius 1 is 1.28 bits per heavy atom. The Morgan fingerprint density at radius 2 is 2.11 bits per heavy atom. The number of nitrogens with two attached hydrogens (primary N) is 1. The van der Waals surface area contributed by atoms with Gasteiger partial charge in [-0.05, 0) is 24.6 Å². The Morgan fingerprint density at radius 3 is 2.89 bits per heavy atom. The van der Waals surface area contributed by atoms with Crippen molar-refractivity contribution in [2.75, 3.05) is 0 Å². The molecule has 0 aliphatic carbocycles. The highest BCUT2D eigenvalue weighted by atomic mass is 19.2. The zero-order chi connectivity index (χ0) is 12.7. The van der Waals surface area contributed by atoms with Crippen LogP contribution in [0.3, 0.4) is 0 Å². The van der Waals surface area contributed by atoms with E-state index in [0.717, 1.165) is 30.8 Å². The van der Waals surface area contributed by atoms with Crippen molar-refractivity contribution in [3.8, 4) is 11.4 Å². The van der Waals surface area contributed by atoms with E-state index in [1.165, 1.54) is 6.07 Å². The van der Waals surface area contributed by atoms with Gasteiger partial charge in [0.1, 0.15) is 5.82 Å². The number of nitrogens with zero attached hydrogens (tertiary/aromatic N) is 3. The number of hydrogen-bond donors (Lipinski definition) is 1. The molecule has 4 nitrogen and oxygen atoms in total. The smallest absolute Gasteiger partial charge is 0.181 e. The molecule has 0 spiro atoms. The van der Waals surface area contributed by atoms with Crippen molar-refractivity contribution in [2.45, 2.75) is 25.4 Å². The molecule has 0 amide bonds. The molecule has 2 aromatic rings. The lowest BCUT2D eigenvalue weighted by molar-refractivity contribution is 0.422. The summed E-state index contributed by atoms with van der Waals surface area (Å²) in [5.41, 5.74) is 6.32. The normalized spacial score (nSPS) is 18.7. The highest BCUT2D eigenvalue weighted by Crippen LogP contribution is 2.21. The van der Waals surface area contributed by atoms with Crippen molar-refractivity contribution in [1.29, 1.82) is 0 Å². The van der Waals surface area contributed by atoms with Crippen molar-refractivity contribution in [1.82, 2.24) is 14.8 Å². The van der Waals surface area contributed by atoms with Crippen molar-refractivity contribution in [2.24, 2.45) is 5.73 Å². The number of rotatable bonds is 1. The van der Waals surface area contributed by atoms with Crippen molar-refractivity contribution in [3.05, 3.63) is 35.7 Å². The van der Waals surface area contributed by atoms with E-state index in [0.29, 0.717) is 17.9 Å². The van der Waals surface area contributed by atoms with E-state index in [9.17, 15) is 8.78 Å². The highest BCUT2D eigenvalue weighted by molar-refractivity contribution is 5.54. The zero-order valence-electron chi connectivity index (χ0n) is 9.61. The molecule has 1 aromatic carbocycles. The summed E-state index contributed by atoms with van der Waals surface area (Å²) in [7, 11) is 0. The lowest BCUT2D eigenvalue weighted by Gasteiger charge is -2.17. The van der Waals surface area contributed by atoms with Gasteiger partial charge in [0.15, 0.2) is 17.5 Å². The van der Waals surface area contributed by atoms with Crippen LogP contribution in [0, 0.1) is 11.6 Å². The van der Waals surface area contributed by atoms with Gasteiger partial charge in [0.2, 0.25) is 0 Å². The van der Waals surface area contributed by atoms with Crippen LogP contribution in [0.1, 0.15) is 12.2 Å². The monoisotopic (exact) mass is 250 g/mol. The fraction of sp³-hybridized carbons (Fsp3) is 0.333. The maximum atomic E-state index is 13.2. The molecule has 1 aliphatic rings. The second-order valence-electron chi connectivity index (χ2n) is 4.46. The molecule has 0 saturated carbocycles. The topological polar surface area (TPSA) is 56.7 Å². The average molecular weight is 250 g/mol. The van der Waals surface area contributed by atoms with Crippen LogP contribution in [-0.4, -0.2) is 20.8 Å². The summed E-state index contributed by atoms with van der Waals surface area (Å²) in [5, 5.41) is 4.28. The van der Waals surface area contributed by atoms with E-state index in [2.05, 4.69) is 10.1 Å². The molecule has 2 N–H and O–H groups in total. The van der Waals surface area contributed by atoms with Crippen LogP contribution in [0.25, 0.3) is 11.4 Å². The summed E-state index contributed by atoms with van der Waals surface area (Å²) >= 11 is 0. The second-order valence-corrected chi connectivity index (χ2v) is 4.46. The van der Waals surface area contributed by atoms with Crippen molar-refractivity contribution >= 4 is 0 Å². The van der Waals surface area contributed by atoms with Crippen LogP contribution in [0.2, 0.25) is 0 Å². The summed E-state index contributed by atoms with van der Waals surface area (Å²) in [4.78, 5) is 4.33. The lowest BCUT2D eigenvalue weighted by atomic mass is 10.1. The zero-order valence-corrected chi connectivity index (χ0v) is 9.61. The minimum absolute atomic E-state index is 0.0806. The van der Waals surface area contributed by atoms with Crippen LogP contribution in [0.4, 0.5) is 8.78 Å². The van der Waals surface area contributed by atoms with Gasteiger partial charge in [0, 0.05) is 18.0 Å². The first-order valence-corrected chi connectivity index (χ1v) is 5.78. The number of benzene rings is 1. The van der Waals surface area contributed by atoms with Gasteiger partial charge >= 0.3 is 0 Å². The average Bonchev–Trinajstić information content (AvgIpc) is 2.75. The molecule has 18 heavy (non-hydrogen) atoms. The second kappa shape index (κ2) is 4.13. The van der Waals surface area contributed by atoms with Gasteiger partial charge in [-0.2, -0.15) is 5.10 Å². The number of fused-ring (bicyclic) bond motifs is 1. The molecule has 0 bridgehead atoms. The summed E-state index contributed by atoms with van der Waals surface area (Å²) in [6.45, 7) is 0.617. The first kappa shape index (κ1) is 11.3. The summed E-state index contributed by atoms with van der Waals surface area (Å²) in [6, 6.07) is 3.74. The van der Waals surface area contributed by atoms with Crippen LogP contribution >= 0.6 is 0 Å². The fourth-order valence-corrected chi connectivity index (χ4v) is 2.09. The highest BCUT2D eigenvalue weighted by Gasteiger charge is 2.19. The van der Waals surface area contributed by atoms with Gasteiger partial charge in [-0.1, -0.05) is 0 Å². The minimum Gasteiger partial charge on any atom is -0.326 e. The molecule has 1 aliphatic heterocycles. The SMILES string of the molecule is NC1CCc2nc(-c3ccc(F)c(F)c3)nn2C1. The lowest BCUT2D eigenvalue weighted by Crippen LogP contribution is -2.32. The largest absolute Gasteiger partial charge is 0.326 e. The van der Waals surface area contributed by atoms with Gasteiger partial charge in [-0.25, -0.2) is 18.4 Å². The number of hydrogen-bond acceptors (Lipinski definition) is 3. The Balaban J connectivity index is 2.00.